The third-order valence-electron chi connectivity index (χ3n) is 3.56. The zero-order chi connectivity index (χ0) is 14.2. The highest BCUT2D eigenvalue weighted by Crippen LogP contribution is 2.34. The number of amides is 1. The summed E-state index contributed by atoms with van der Waals surface area (Å²) < 4.78 is 0. The second-order valence-corrected chi connectivity index (χ2v) is 5.52. The Labute approximate surface area is 118 Å². The number of likely N-dealkylation sites (N-methyl/N-ethyl adjacent to an activating group) is 1. The molecule has 1 aliphatic heterocycles. The van der Waals surface area contributed by atoms with Crippen LogP contribution in [-0.4, -0.2) is 44.0 Å². The average Bonchev–Trinajstić information content (AvgIpc) is 2.76. The van der Waals surface area contributed by atoms with Crippen LogP contribution in [0.4, 0.5) is 11.4 Å². The van der Waals surface area contributed by atoms with Gasteiger partial charge in [-0.15, -0.1) is 0 Å². The normalized spacial score (nSPS) is 19.2. The highest BCUT2D eigenvalue weighted by atomic mass is 35.5. The summed E-state index contributed by atoms with van der Waals surface area (Å²) in [4.78, 5) is 15.8. The maximum atomic E-state index is 11.6. The van der Waals surface area contributed by atoms with Crippen LogP contribution in [0.5, 0.6) is 0 Å². The third-order valence-corrected chi connectivity index (χ3v) is 3.85. The summed E-state index contributed by atoms with van der Waals surface area (Å²) in [6, 6.07) is 3.70. The number of carbonyl (C=O) groups excluding carboxylic acids is 1. The van der Waals surface area contributed by atoms with Gasteiger partial charge in [-0.1, -0.05) is 11.6 Å². The van der Waals surface area contributed by atoms with E-state index in [0.29, 0.717) is 28.0 Å². The van der Waals surface area contributed by atoms with Crippen LogP contribution in [0.15, 0.2) is 12.1 Å². The molecule has 19 heavy (non-hydrogen) atoms. The first kappa shape index (κ1) is 14.0. The largest absolute Gasteiger partial charge is 0.399 e. The van der Waals surface area contributed by atoms with Crippen LogP contribution >= 0.6 is 11.6 Å². The van der Waals surface area contributed by atoms with Gasteiger partial charge in [-0.05, 0) is 32.6 Å². The number of hydrogen-bond donors (Lipinski definition) is 2. The zero-order valence-corrected chi connectivity index (χ0v) is 11.9. The summed E-state index contributed by atoms with van der Waals surface area (Å²) in [5.41, 5.74) is 12.7. The smallest absolute Gasteiger partial charge is 0.250 e. The minimum absolute atomic E-state index is 0.393. The Balaban J connectivity index is 2.37. The molecule has 0 saturated carbocycles. The van der Waals surface area contributed by atoms with Gasteiger partial charge < -0.3 is 21.3 Å². The summed E-state index contributed by atoms with van der Waals surface area (Å²) >= 11 is 6.24. The van der Waals surface area contributed by atoms with Gasteiger partial charge in [0.25, 0.3) is 5.91 Å². The van der Waals surface area contributed by atoms with Gasteiger partial charge in [-0.2, -0.15) is 0 Å². The van der Waals surface area contributed by atoms with Crippen molar-refractivity contribution in [2.75, 3.05) is 37.8 Å². The maximum Gasteiger partial charge on any atom is 0.250 e. The quantitative estimate of drug-likeness (QED) is 0.816. The van der Waals surface area contributed by atoms with Gasteiger partial charge in [-0.25, -0.2) is 0 Å². The monoisotopic (exact) mass is 282 g/mol. The lowest BCUT2D eigenvalue weighted by molar-refractivity contribution is 0.100. The predicted octanol–water partition coefficient (Wildman–Crippen LogP) is 1.16. The van der Waals surface area contributed by atoms with Gasteiger partial charge >= 0.3 is 0 Å². The molecule has 1 saturated heterocycles. The van der Waals surface area contributed by atoms with Crippen molar-refractivity contribution in [3.8, 4) is 0 Å². The lowest BCUT2D eigenvalue weighted by atomic mass is 10.1. The van der Waals surface area contributed by atoms with Crippen molar-refractivity contribution in [1.82, 2.24) is 4.90 Å². The Bertz CT molecular complexity index is 504. The first-order valence-electron chi connectivity index (χ1n) is 6.20. The van der Waals surface area contributed by atoms with Crippen molar-refractivity contribution in [3.05, 3.63) is 22.7 Å². The lowest BCUT2D eigenvalue weighted by Crippen LogP contribution is -2.32. The van der Waals surface area contributed by atoms with E-state index in [0.717, 1.165) is 19.5 Å². The van der Waals surface area contributed by atoms with Crippen LogP contribution in [0.25, 0.3) is 0 Å². The Kier molecular flexibility index (Phi) is 3.87. The van der Waals surface area contributed by atoms with Gasteiger partial charge in [0.1, 0.15) is 0 Å². The highest BCUT2D eigenvalue weighted by Gasteiger charge is 2.28. The van der Waals surface area contributed by atoms with E-state index in [1.54, 1.807) is 12.1 Å². The first-order chi connectivity index (χ1) is 8.90. The highest BCUT2D eigenvalue weighted by molar-refractivity contribution is 6.34. The van der Waals surface area contributed by atoms with Gasteiger partial charge in [0.2, 0.25) is 0 Å². The Morgan fingerprint density at radius 1 is 1.47 bits per heavy atom. The van der Waals surface area contributed by atoms with E-state index in [9.17, 15) is 4.79 Å². The lowest BCUT2D eigenvalue weighted by Gasteiger charge is -2.24. The number of nitrogen functional groups attached to an aromatic ring is 1. The SMILES string of the molecule is CN(C)C1CCN(c2c(Cl)cc(N)cc2C(N)=O)C1. The number of primary amides is 1. The molecule has 1 amide bonds. The zero-order valence-electron chi connectivity index (χ0n) is 11.2. The maximum absolute atomic E-state index is 11.6. The molecule has 2 rings (SSSR count). The molecule has 0 spiro atoms. The molecule has 1 atom stereocenters. The minimum atomic E-state index is -0.502. The molecule has 1 aliphatic rings. The van der Waals surface area contributed by atoms with Crippen LogP contribution in [-0.2, 0) is 0 Å². The van der Waals surface area contributed by atoms with E-state index in [2.05, 4.69) is 9.80 Å². The summed E-state index contributed by atoms with van der Waals surface area (Å²) in [5.74, 6) is -0.502. The molecule has 4 N–H and O–H groups in total. The van der Waals surface area contributed by atoms with Crippen molar-refractivity contribution in [3.63, 3.8) is 0 Å². The number of nitrogens with two attached hydrogens (primary N) is 2. The van der Waals surface area contributed by atoms with Crippen LogP contribution < -0.4 is 16.4 Å². The summed E-state index contributed by atoms with van der Waals surface area (Å²) in [6.07, 6.45) is 1.03. The third kappa shape index (κ3) is 2.77. The van der Waals surface area contributed by atoms with Crippen LogP contribution in [0.3, 0.4) is 0 Å². The van der Waals surface area contributed by atoms with E-state index in [1.165, 1.54) is 0 Å². The van der Waals surface area contributed by atoms with E-state index in [1.807, 2.05) is 14.1 Å². The molecule has 1 aromatic carbocycles. The van der Waals surface area contributed by atoms with Crippen molar-refractivity contribution in [2.24, 2.45) is 5.73 Å². The molecule has 0 aromatic heterocycles. The number of nitrogens with zero attached hydrogens (tertiary/aromatic N) is 2. The van der Waals surface area contributed by atoms with E-state index in [-0.39, 0.29) is 0 Å². The van der Waals surface area contributed by atoms with Gasteiger partial charge in [0.15, 0.2) is 0 Å². The van der Waals surface area contributed by atoms with Gasteiger partial charge in [-0.3, -0.25) is 4.79 Å². The average molecular weight is 283 g/mol. The van der Waals surface area contributed by atoms with Crippen LogP contribution in [0.1, 0.15) is 16.8 Å². The standard InChI is InChI=1S/C13H19ClN4O/c1-17(2)9-3-4-18(7-9)12-10(13(16)19)5-8(15)6-11(12)14/h5-6,9H,3-4,7,15H2,1-2H3,(H2,16,19). The molecule has 1 heterocycles. The van der Waals surface area contributed by atoms with Crippen molar-refractivity contribution < 1.29 is 4.79 Å². The predicted molar refractivity (Wildman–Crippen MR) is 78.7 cm³/mol. The summed E-state index contributed by atoms with van der Waals surface area (Å²) in [7, 11) is 4.10. The molecule has 1 aromatic rings. The fraction of sp³-hybridized carbons (Fsp3) is 0.462. The van der Waals surface area contributed by atoms with Crippen LogP contribution in [0.2, 0.25) is 5.02 Å². The fourth-order valence-corrected chi connectivity index (χ4v) is 2.84. The molecule has 0 radical (unpaired) electrons. The Morgan fingerprint density at radius 2 is 2.16 bits per heavy atom. The van der Waals surface area contributed by atoms with Crippen LogP contribution in [0, 0.1) is 0 Å². The molecule has 1 unspecified atom stereocenters. The number of benzene rings is 1. The second-order valence-electron chi connectivity index (χ2n) is 5.12. The fourth-order valence-electron chi connectivity index (χ4n) is 2.50. The molecule has 0 bridgehead atoms. The molecule has 6 heteroatoms. The van der Waals surface area contributed by atoms with E-state index in [4.69, 9.17) is 23.1 Å². The first-order valence-corrected chi connectivity index (χ1v) is 6.58. The Hall–Kier alpha value is -1.46. The van der Waals surface area contributed by atoms with Crippen molar-refractivity contribution in [2.45, 2.75) is 12.5 Å². The minimum Gasteiger partial charge on any atom is -0.399 e. The Morgan fingerprint density at radius 3 is 2.68 bits per heavy atom. The number of hydrogen-bond acceptors (Lipinski definition) is 4. The molecule has 1 fully saturated rings. The number of carbonyl (C=O) groups is 1. The number of halogens is 1. The number of rotatable bonds is 3. The van der Waals surface area contributed by atoms with Gasteiger partial charge in [0, 0.05) is 24.8 Å². The molecule has 104 valence electrons. The molecule has 5 nitrogen and oxygen atoms in total. The van der Waals surface area contributed by atoms with Crippen molar-refractivity contribution >= 4 is 28.9 Å². The van der Waals surface area contributed by atoms with Crippen molar-refractivity contribution in [1.29, 1.82) is 0 Å². The molecular formula is C13H19ClN4O. The topological polar surface area (TPSA) is 75.6 Å². The van der Waals surface area contributed by atoms with E-state index < -0.39 is 5.91 Å². The summed E-state index contributed by atoms with van der Waals surface area (Å²) in [6.45, 7) is 1.68. The molecule has 0 aliphatic carbocycles. The number of anilines is 2. The van der Waals surface area contributed by atoms with Gasteiger partial charge in [0.05, 0.1) is 16.3 Å². The molecular weight excluding hydrogens is 264 g/mol. The summed E-state index contributed by atoms with van der Waals surface area (Å²) in [5, 5.41) is 0.480. The second kappa shape index (κ2) is 5.27. The van der Waals surface area contributed by atoms with E-state index >= 15 is 0 Å².